The molecular formula is C44H67AlCl5N8O7-. The predicted molar refractivity (Wildman–Crippen MR) is 271 cm³/mol. The number of nitrogens with zero attached hydrogens (tertiary/aromatic N) is 2. The Hall–Kier alpha value is -4.12. The molecule has 1 aliphatic heterocycles. The molecule has 21 heteroatoms. The number of para-hydroxylation sites is 3. The number of Topliss-reactive ketones (excluding diaryl/α,β-unsaturated/α-hetero) is 4. The third-order valence-electron chi connectivity index (χ3n) is 7.61. The Bertz CT molecular complexity index is 2080. The number of rotatable bonds is 6. The Morgan fingerprint density at radius 2 is 1.02 bits per heavy atom. The maximum atomic E-state index is 11.5. The Labute approximate surface area is 411 Å². The van der Waals surface area contributed by atoms with Crippen molar-refractivity contribution >= 4 is 120 Å². The first-order chi connectivity index (χ1) is 29.1. The van der Waals surface area contributed by atoms with E-state index in [1.807, 2.05) is 90.2 Å². The molecule has 0 saturated carbocycles. The number of fused-ring (bicyclic) bond motifs is 3. The van der Waals surface area contributed by atoms with Crippen molar-refractivity contribution in [1.82, 2.24) is 43.2 Å². The van der Waals surface area contributed by atoms with Crippen molar-refractivity contribution in [2.45, 2.75) is 62.3 Å². The van der Waals surface area contributed by atoms with Gasteiger partial charge in [-0.1, -0.05) is 103 Å². The van der Waals surface area contributed by atoms with Gasteiger partial charge in [-0.2, -0.15) is 0 Å². The fourth-order valence-electron chi connectivity index (χ4n) is 4.87. The summed E-state index contributed by atoms with van der Waals surface area (Å²) < 4.78 is 0. The molecule has 6 aromatic rings. The van der Waals surface area contributed by atoms with E-state index in [-0.39, 0.29) is 36.4 Å². The van der Waals surface area contributed by atoms with Crippen molar-refractivity contribution in [3.63, 3.8) is 0 Å². The maximum absolute atomic E-state index is 11.5. The van der Waals surface area contributed by atoms with E-state index in [1.54, 1.807) is 24.4 Å². The molecule has 0 amide bonds. The van der Waals surface area contributed by atoms with Gasteiger partial charge in [-0.25, -0.2) is 34.9 Å². The summed E-state index contributed by atoms with van der Waals surface area (Å²) in [5.41, 5.74) is 3.49. The van der Waals surface area contributed by atoms with E-state index in [1.165, 1.54) is 43.7 Å². The number of aromatic nitrogens is 3. The SMILES string of the molecule is CC.CC.CC.CC(=O)C(=O)Cl.CC(=O)C(=O)c1c[nH]c2ccccc12.CCN1CCN(C)C1.N.N.N.O=C(O)C(=O)c1c[nH]c2ccccc12.[Cl-].[Cl][Al]([Cl])[Cl].c1ccc2[nH]ccc2c1. The van der Waals surface area contributed by atoms with E-state index in [2.05, 4.69) is 68.5 Å². The molecule has 3 aromatic heterocycles. The Morgan fingerprint density at radius 3 is 1.34 bits per heavy atom. The summed E-state index contributed by atoms with van der Waals surface area (Å²) in [6.45, 7) is 21.5. The number of hydrogen-bond donors (Lipinski definition) is 7. The van der Waals surface area contributed by atoms with Crippen molar-refractivity contribution in [3.8, 4) is 0 Å². The number of carbonyl (C=O) groups is 6. The standard InChI is InChI=1S/C11H9NO2.C10H7NO3.C8H7N.C6H14N2.C3H3ClO2.3C2H6.Al.4ClH.3H3N/c1-7(13)11(14)9-6-12-10-5-3-2-4-8(9)10;12-9(10(13)14)7-5-11-8-4-2-1-3-6(7)8;1-2-4-8-7(3-1)5-6-9-8;1-3-8-5-4-7(2)6-8;1-2(5)3(4)6;3*1-2;;;;;;;;/h2-6,12H,1H3;1-5,11H,(H,13,14);1-6,9H;3-6H2,1-2H3;1H3;3*1-2H3;;4*1H;3*1H3/q;;;;;;;;+3;;;;;;;/p-4. The molecule has 13 N–H and O–H groups in total. The molecule has 1 aliphatic rings. The molecule has 0 spiro atoms. The lowest BCUT2D eigenvalue weighted by Crippen LogP contribution is -3.00. The number of aliphatic carboxylic acids is 1. The van der Waals surface area contributed by atoms with E-state index < -0.39 is 45.7 Å². The Balaban J connectivity index is -0.000000161. The van der Waals surface area contributed by atoms with E-state index in [9.17, 15) is 28.8 Å². The summed E-state index contributed by atoms with van der Waals surface area (Å²) in [5.74, 6) is -3.81. The van der Waals surface area contributed by atoms with Crippen molar-refractivity contribution in [2.75, 3.05) is 33.4 Å². The van der Waals surface area contributed by atoms with Crippen molar-refractivity contribution in [3.05, 3.63) is 109 Å². The smallest absolute Gasteiger partial charge is 0.643 e. The molecule has 0 unspecified atom stereocenters. The van der Waals surface area contributed by atoms with Crippen LogP contribution in [0, 0.1) is 0 Å². The van der Waals surface area contributed by atoms with Crippen LogP contribution in [0.4, 0.5) is 0 Å². The third-order valence-corrected chi connectivity index (χ3v) is 7.87. The van der Waals surface area contributed by atoms with Crippen LogP contribution in [-0.4, -0.2) is 109 Å². The highest BCUT2D eigenvalue weighted by atomic mass is 35.8. The highest BCUT2D eigenvalue weighted by Crippen LogP contribution is 2.19. The molecule has 0 radical (unpaired) electrons. The first-order valence-corrected chi connectivity index (χ1v) is 25.2. The first kappa shape index (κ1) is 72.5. The van der Waals surface area contributed by atoms with Crippen LogP contribution in [0.1, 0.15) is 83.0 Å². The highest BCUT2D eigenvalue weighted by molar-refractivity contribution is 7.54. The fraction of sp³-hybridized carbons (Fsp3) is 0.318. The lowest BCUT2D eigenvalue weighted by atomic mass is 10.1. The highest BCUT2D eigenvalue weighted by Gasteiger charge is 2.18. The van der Waals surface area contributed by atoms with Gasteiger partial charge in [0, 0.05) is 72.9 Å². The molecule has 7 rings (SSSR count). The molecule has 3 aromatic carbocycles. The molecule has 0 atom stereocenters. The number of aromatic amines is 3. The van der Waals surface area contributed by atoms with Gasteiger partial charge in [0.05, 0.1) is 17.8 Å². The van der Waals surface area contributed by atoms with Crippen LogP contribution in [-0.2, 0) is 19.2 Å². The number of H-pyrrole nitrogens is 3. The summed E-state index contributed by atoms with van der Waals surface area (Å²) in [4.78, 5) is 76.9. The maximum Gasteiger partial charge on any atom is 0.643 e. The predicted octanol–water partition coefficient (Wildman–Crippen LogP) is 8.35. The van der Waals surface area contributed by atoms with E-state index in [0.717, 1.165) is 30.0 Å². The quantitative estimate of drug-likeness (QED) is 0.0359. The monoisotopic (exact) mass is 1020 g/mol. The van der Waals surface area contributed by atoms with Crippen molar-refractivity contribution in [1.29, 1.82) is 0 Å². The molecule has 364 valence electrons. The number of benzene rings is 3. The normalized spacial score (nSPS) is 10.3. The zero-order valence-electron chi connectivity index (χ0n) is 38.9. The number of carboxylic acids is 1. The Morgan fingerprint density at radius 1 is 0.631 bits per heavy atom. The van der Waals surface area contributed by atoms with Gasteiger partial charge in [0.1, 0.15) is 0 Å². The van der Waals surface area contributed by atoms with E-state index in [0.29, 0.717) is 10.9 Å². The summed E-state index contributed by atoms with van der Waals surface area (Å²) in [6.07, 6.45) is 4.94. The van der Waals surface area contributed by atoms with Gasteiger partial charge >= 0.3 is 17.4 Å². The average Bonchev–Trinajstić information content (AvgIpc) is 4.10. The van der Waals surface area contributed by atoms with Gasteiger partial charge in [-0.05, 0) is 54.8 Å². The van der Waals surface area contributed by atoms with Gasteiger partial charge < -0.3 is 50.9 Å². The number of nitrogens with one attached hydrogen (secondary N) is 3. The molecule has 4 heterocycles. The second kappa shape index (κ2) is 42.5. The van der Waals surface area contributed by atoms with Crippen molar-refractivity contribution < 1.29 is 46.3 Å². The van der Waals surface area contributed by atoms with E-state index >= 15 is 0 Å². The zero-order valence-corrected chi connectivity index (χ0v) is 43.9. The lowest BCUT2D eigenvalue weighted by molar-refractivity contribution is -0.131. The number of hydrogen-bond acceptors (Lipinski definition) is 11. The van der Waals surface area contributed by atoms with Crippen LogP contribution in [0.2, 0.25) is 0 Å². The third kappa shape index (κ3) is 28.5. The zero-order chi connectivity index (χ0) is 47.1. The molecule has 0 bridgehead atoms. The van der Waals surface area contributed by atoms with Crippen LogP contribution in [0.15, 0.2) is 97.5 Å². The Kier molecular flexibility index (Phi) is 47.4. The van der Waals surface area contributed by atoms with Crippen LogP contribution in [0.5, 0.6) is 0 Å². The fourth-order valence-corrected chi connectivity index (χ4v) is 4.87. The summed E-state index contributed by atoms with van der Waals surface area (Å²) >= 11 is 2.90. The summed E-state index contributed by atoms with van der Waals surface area (Å²) in [7, 11) is 17.0. The molecule has 0 aliphatic carbocycles. The molecular weight excluding hydrogens is 957 g/mol. The second-order valence-electron chi connectivity index (χ2n) is 11.6. The van der Waals surface area contributed by atoms with Crippen LogP contribution >= 0.6 is 41.7 Å². The summed E-state index contributed by atoms with van der Waals surface area (Å²) in [6, 6.07) is 24.8. The van der Waals surface area contributed by atoms with Crippen LogP contribution in [0.3, 0.4) is 0 Å². The minimum atomic E-state index is -1.72. The molecule has 15 nitrogen and oxygen atoms in total. The largest absolute Gasteiger partial charge is 1.00 e. The van der Waals surface area contributed by atoms with Gasteiger partial charge in [0.25, 0.3) is 11.0 Å². The minimum Gasteiger partial charge on any atom is -1.00 e. The van der Waals surface area contributed by atoms with Crippen molar-refractivity contribution in [2.24, 2.45) is 0 Å². The van der Waals surface area contributed by atoms with E-state index in [4.69, 9.17) is 35.3 Å². The van der Waals surface area contributed by atoms with Gasteiger partial charge in [0.2, 0.25) is 11.6 Å². The van der Waals surface area contributed by atoms with Crippen LogP contribution in [0.25, 0.3) is 32.7 Å². The van der Waals surface area contributed by atoms with Gasteiger partial charge in [-0.15, -0.1) is 0 Å². The van der Waals surface area contributed by atoms with Gasteiger partial charge in [0.15, 0.2) is 5.78 Å². The number of carboxylic acid groups (broad SMARTS) is 1. The molecule has 1 saturated heterocycles. The molecule has 65 heavy (non-hydrogen) atoms. The van der Waals surface area contributed by atoms with Crippen LogP contribution < -0.4 is 30.9 Å². The second-order valence-corrected chi connectivity index (χ2v) is 18.4. The number of likely N-dealkylation sites (N-methyl/N-ethyl adjacent to an activating group) is 2. The lowest BCUT2D eigenvalue weighted by Gasteiger charge is -2.10. The first-order valence-electron chi connectivity index (χ1n) is 19.6. The number of carbonyl (C=O) groups excluding carboxylic acids is 5. The minimum absolute atomic E-state index is 0. The summed E-state index contributed by atoms with van der Waals surface area (Å²) in [5, 5.41) is 10.4. The number of ketones is 4. The van der Waals surface area contributed by atoms with Gasteiger partial charge in [-0.3, -0.25) is 33.8 Å². The molecule has 1 fully saturated rings. The average molecular weight is 1020 g/mol. The number of halogens is 5. The topological polar surface area (TPSA) is 282 Å².